The molecule has 0 amide bonds. The lowest BCUT2D eigenvalue weighted by molar-refractivity contribution is 0.571. The first-order valence-electron chi connectivity index (χ1n) is 4.38. The predicted octanol–water partition coefficient (Wildman–Crippen LogP) is 1.50. The van der Waals surface area contributed by atoms with Crippen LogP contribution in [0.1, 0.15) is 36.9 Å². The van der Waals surface area contributed by atoms with Crippen molar-refractivity contribution < 1.29 is 0 Å². The molecule has 1 unspecified atom stereocenters. The Morgan fingerprint density at radius 3 is 3.25 bits per heavy atom. The van der Waals surface area contributed by atoms with E-state index in [2.05, 4.69) is 16.9 Å². The number of nitrogens with zero attached hydrogens (tertiary/aromatic N) is 2. The van der Waals surface area contributed by atoms with Gasteiger partial charge in [0.1, 0.15) is 0 Å². The van der Waals surface area contributed by atoms with E-state index >= 15 is 0 Å². The van der Waals surface area contributed by atoms with Crippen molar-refractivity contribution in [2.24, 2.45) is 0 Å². The van der Waals surface area contributed by atoms with Crippen LogP contribution in [0.15, 0.2) is 6.20 Å². The van der Waals surface area contributed by atoms with E-state index in [9.17, 15) is 0 Å². The minimum atomic E-state index is 0.405. The number of nitrogen functional groups attached to an aromatic ring is 1. The molecule has 12 heavy (non-hydrogen) atoms. The average molecular weight is 163 g/mol. The van der Waals surface area contributed by atoms with Crippen LogP contribution in [0.4, 0.5) is 5.95 Å². The third-order valence-electron chi connectivity index (χ3n) is 2.47. The molecule has 64 valence electrons. The monoisotopic (exact) mass is 163 g/mol. The Hall–Kier alpha value is -1.12. The highest BCUT2D eigenvalue weighted by atomic mass is 15.0. The maximum absolute atomic E-state index is 5.52. The van der Waals surface area contributed by atoms with Gasteiger partial charge in [0.2, 0.25) is 5.95 Å². The molecular formula is C9H13N3. The second kappa shape index (κ2) is 2.73. The first-order chi connectivity index (χ1) is 5.77. The molecule has 0 aromatic carbocycles. The van der Waals surface area contributed by atoms with Gasteiger partial charge in [-0.05, 0) is 30.7 Å². The zero-order chi connectivity index (χ0) is 8.55. The van der Waals surface area contributed by atoms with Gasteiger partial charge in [0.25, 0.3) is 0 Å². The molecule has 1 aromatic rings. The van der Waals surface area contributed by atoms with Gasteiger partial charge in [0.15, 0.2) is 0 Å². The zero-order valence-corrected chi connectivity index (χ0v) is 7.25. The van der Waals surface area contributed by atoms with E-state index in [-0.39, 0.29) is 0 Å². The molecule has 1 heterocycles. The molecule has 0 spiro atoms. The number of hydrogen-bond acceptors (Lipinski definition) is 3. The van der Waals surface area contributed by atoms with E-state index in [1.165, 1.54) is 18.4 Å². The molecule has 0 fully saturated rings. The van der Waals surface area contributed by atoms with Crippen LogP contribution in [0.25, 0.3) is 0 Å². The molecule has 0 saturated heterocycles. The Kier molecular flexibility index (Phi) is 1.71. The minimum Gasteiger partial charge on any atom is -0.368 e. The normalized spacial score (nSPS) is 21.9. The Bertz CT molecular complexity index is 296. The van der Waals surface area contributed by atoms with Crippen molar-refractivity contribution in [1.29, 1.82) is 0 Å². The molecule has 1 aliphatic rings. The maximum atomic E-state index is 5.52. The van der Waals surface area contributed by atoms with Crippen LogP contribution in [-0.2, 0) is 6.42 Å². The lowest BCUT2D eigenvalue weighted by atomic mass is 9.89. The molecule has 3 nitrogen and oxygen atoms in total. The molecule has 2 rings (SSSR count). The number of aromatic nitrogens is 2. The summed E-state index contributed by atoms with van der Waals surface area (Å²) in [6.45, 7) is 2.20. The van der Waals surface area contributed by atoms with Gasteiger partial charge in [-0.1, -0.05) is 6.92 Å². The summed E-state index contributed by atoms with van der Waals surface area (Å²) in [6.07, 6.45) is 5.46. The highest BCUT2D eigenvalue weighted by Crippen LogP contribution is 2.28. The molecule has 0 radical (unpaired) electrons. The summed E-state index contributed by atoms with van der Waals surface area (Å²) in [5.41, 5.74) is 7.96. The fourth-order valence-corrected chi connectivity index (χ4v) is 1.79. The van der Waals surface area contributed by atoms with E-state index in [0.29, 0.717) is 11.9 Å². The summed E-state index contributed by atoms with van der Waals surface area (Å²) in [4.78, 5) is 8.25. The van der Waals surface area contributed by atoms with Gasteiger partial charge < -0.3 is 5.73 Å². The molecule has 1 atom stereocenters. The molecule has 1 aromatic heterocycles. The topological polar surface area (TPSA) is 51.8 Å². The standard InChI is InChI=1S/C9H13N3/c1-6-3-2-4-7-5-11-9(10)12-8(6)7/h5-6H,2-4H2,1H3,(H2,10,11,12). The molecule has 0 aliphatic heterocycles. The Morgan fingerprint density at radius 1 is 1.58 bits per heavy atom. The van der Waals surface area contributed by atoms with E-state index < -0.39 is 0 Å². The highest BCUT2D eigenvalue weighted by Gasteiger charge is 2.17. The molecule has 1 aliphatic carbocycles. The summed E-state index contributed by atoms with van der Waals surface area (Å²) in [5.74, 6) is 0.960. The highest BCUT2D eigenvalue weighted by molar-refractivity contribution is 5.29. The predicted molar refractivity (Wildman–Crippen MR) is 47.8 cm³/mol. The average Bonchev–Trinajstić information content (AvgIpc) is 2.07. The fourth-order valence-electron chi connectivity index (χ4n) is 1.79. The second-order valence-electron chi connectivity index (χ2n) is 3.43. The van der Waals surface area contributed by atoms with Gasteiger partial charge in [0.05, 0.1) is 5.69 Å². The summed E-state index contributed by atoms with van der Waals surface area (Å²) in [6, 6.07) is 0. The van der Waals surface area contributed by atoms with Crippen molar-refractivity contribution in [3.8, 4) is 0 Å². The Morgan fingerprint density at radius 2 is 2.42 bits per heavy atom. The molecule has 3 heteroatoms. The van der Waals surface area contributed by atoms with Crippen LogP contribution in [0, 0.1) is 0 Å². The lowest BCUT2D eigenvalue weighted by Crippen LogP contribution is -2.11. The van der Waals surface area contributed by atoms with Gasteiger partial charge in [-0.3, -0.25) is 0 Å². The number of anilines is 1. The minimum absolute atomic E-state index is 0.405. The van der Waals surface area contributed by atoms with Crippen LogP contribution < -0.4 is 5.73 Å². The van der Waals surface area contributed by atoms with Gasteiger partial charge in [-0.25, -0.2) is 9.97 Å². The van der Waals surface area contributed by atoms with Crippen molar-refractivity contribution >= 4 is 5.95 Å². The lowest BCUT2D eigenvalue weighted by Gasteiger charge is -2.20. The van der Waals surface area contributed by atoms with Crippen LogP contribution >= 0.6 is 0 Å². The largest absolute Gasteiger partial charge is 0.368 e. The van der Waals surface area contributed by atoms with Crippen LogP contribution in [0.2, 0.25) is 0 Å². The summed E-state index contributed by atoms with van der Waals surface area (Å²) < 4.78 is 0. The summed E-state index contributed by atoms with van der Waals surface area (Å²) >= 11 is 0. The quantitative estimate of drug-likeness (QED) is 0.630. The van der Waals surface area contributed by atoms with Crippen LogP contribution in [-0.4, -0.2) is 9.97 Å². The van der Waals surface area contributed by atoms with Crippen molar-refractivity contribution in [3.05, 3.63) is 17.5 Å². The van der Waals surface area contributed by atoms with Crippen molar-refractivity contribution in [3.63, 3.8) is 0 Å². The number of aryl methyl sites for hydroxylation is 1. The van der Waals surface area contributed by atoms with E-state index in [0.717, 1.165) is 12.1 Å². The Labute approximate surface area is 72.0 Å². The van der Waals surface area contributed by atoms with Gasteiger partial charge in [-0.15, -0.1) is 0 Å². The maximum Gasteiger partial charge on any atom is 0.220 e. The second-order valence-corrected chi connectivity index (χ2v) is 3.43. The first-order valence-corrected chi connectivity index (χ1v) is 4.38. The van der Waals surface area contributed by atoms with E-state index in [1.807, 2.05) is 6.20 Å². The number of fused-ring (bicyclic) bond motifs is 1. The molecule has 0 saturated carbocycles. The molecule has 2 N–H and O–H groups in total. The van der Waals surface area contributed by atoms with Crippen LogP contribution in [0.5, 0.6) is 0 Å². The van der Waals surface area contributed by atoms with Crippen molar-refractivity contribution in [2.45, 2.75) is 32.1 Å². The fraction of sp³-hybridized carbons (Fsp3) is 0.556. The SMILES string of the molecule is CC1CCCc2cnc(N)nc21. The number of rotatable bonds is 0. The summed E-state index contributed by atoms with van der Waals surface area (Å²) in [7, 11) is 0. The number of hydrogen-bond donors (Lipinski definition) is 1. The molecular weight excluding hydrogens is 150 g/mol. The third kappa shape index (κ3) is 1.15. The zero-order valence-electron chi connectivity index (χ0n) is 7.25. The third-order valence-corrected chi connectivity index (χ3v) is 2.47. The van der Waals surface area contributed by atoms with Crippen LogP contribution in [0.3, 0.4) is 0 Å². The smallest absolute Gasteiger partial charge is 0.220 e. The van der Waals surface area contributed by atoms with Gasteiger partial charge in [0, 0.05) is 6.20 Å². The Balaban J connectivity index is 2.47. The van der Waals surface area contributed by atoms with Crippen molar-refractivity contribution in [2.75, 3.05) is 5.73 Å². The first kappa shape index (κ1) is 7.53. The van der Waals surface area contributed by atoms with Gasteiger partial charge in [-0.2, -0.15) is 0 Å². The van der Waals surface area contributed by atoms with Gasteiger partial charge >= 0.3 is 0 Å². The summed E-state index contributed by atoms with van der Waals surface area (Å²) in [5, 5.41) is 0. The number of nitrogens with two attached hydrogens (primary N) is 1. The van der Waals surface area contributed by atoms with E-state index in [4.69, 9.17) is 5.73 Å². The van der Waals surface area contributed by atoms with Crippen molar-refractivity contribution in [1.82, 2.24) is 9.97 Å². The van der Waals surface area contributed by atoms with E-state index in [1.54, 1.807) is 0 Å². The molecule has 0 bridgehead atoms.